The minimum absolute atomic E-state index is 0.104. The predicted octanol–water partition coefficient (Wildman–Crippen LogP) is 3.53. The lowest BCUT2D eigenvalue weighted by Gasteiger charge is -2.11. The molecule has 0 spiro atoms. The molecular weight excluding hydrogens is 396 g/mol. The van der Waals surface area contributed by atoms with Crippen molar-refractivity contribution in [3.63, 3.8) is 0 Å². The maximum Gasteiger partial charge on any atom is 0.226 e. The zero-order valence-electron chi connectivity index (χ0n) is 16.1. The summed E-state index contributed by atoms with van der Waals surface area (Å²) < 4.78 is 30.3. The first kappa shape index (κ1) is 21.8. The first-order valence-electron chi connectivity index (χ1n) is 8.76. The molecule has 2 aromatic rings. The van der Waals surface area contributed by atoms with E-state index in [1.165, 1.54) is 12.1 Å². The molecule has 0 unspecified atom stereocenters. The molecule has 28 heavy (non-hydrogen) atoms. The third-order valence-electron chi connectivity index (χ3n) is 3.83. The molecule has 0 saturated heterocycles. The summed E-state index contributed by atoms with van der Waals surface area (Å²) in [6.07, 6.45) is 0.379. The lowest BCUT2D eigenvalue weighted by Crippen LogP contribution is -2.34. The van der Waals surface area contributed by atoms with Crippen LogP contribution in [0.25, 0.3) is 0 Å². The van der Waals surface area contributed by atoms with E-state index in [0.717, 1.165) is 0 Å². The number of carbonyl (C=O) groups excluding carboxylic acids is 1. The van der Waals surface area contributed by atoms with Crippen LogP contribution in [0.3, 0.4) is 0 Å². The number of nitrogens with one attached hydrogen (secondary N) is 2. The Hall–Kier alpha value is -2.45. The Bertz CT molecular complexity index is 922. The Morgan fingerprint density at radius 1 is 1.07 bits per heavy atom. The second-order valence-electron chi connectivity index (χ2n) is 6.73. The SMILES string of the molecule is COc1ccc(CS(=O)(=O)c2ccc(NC(=S)NC(=O)CC(C)C)cc2)cc1. The summed E-state index contributed by atoms with van der Waals surface area (Å²) in [4.78, 5) is 11.9. The average molecular weight is 421 g/mol. The van der Waals surface area contributed by atoms with E-state index in [9.17, 15) is 13.2 Å². The van der Waals surface area contributed by atoms with Gasteiger partial charge in [-0.25, -0.2) is 8.42 Å². The summed E-state index contributed by atoms with van der Waals surface area (Å²) in [6, 6.07) is 13.2. The van der Waals surface area contributed by atoms with E-state index in [2.05, 4.69) is 10.6 Å². The van der Waals surface area contributed by atoms with E-state index >= 15 is 0 Å². The number of anilines is 1. The second-order valence-corrected chi connectivity index (χ2v) is 9.13. The Morgan fingerprint density at radius 3 is 2.21 bits per heavy atom. The van der Waals surface area contributed by atoms with Crippen LogP contribution in [-0.4, -0.2) is 26.5 Å². The fraction of sp³-hybridized carbons (Fsp3) is 0.300. The van der Waals surface area contributed by atoms with Gasteiger partial charge in [0.2, 0.25) is 5.91 Å². The fourth-order valence-corrected chi connectivity index (χ4v) is 4.06. The molecule has 2 rings (SSSR count). The molecule has 6 nitrogen and oxygen atoms in total. The first-order chi connectivity index (χ1) is 13.2. The standard InChI is InChI=1S/C20H24N2O4S2/c1-14(2)12-19(23)22-20(27)21-16-6-10-18(11-7-16)28(24,25)13-15-4-8-17(26-3)9-5-15/h4-11,14H,12-13H2,1-3H3,(H2,21,22,23,27). The van der Waals surface area contributed by atoms with Gasteiger partial charge in [-0.05, 0) is 60.1 Å². The van der Waals surface area contributed by atoms with Gasteiger partial charge in [0.15, 0.2) is 14.9 Å². The number of hydrogen-bond acceptors (Lipinski definition) is 5. The maximum absolute atomic E-state index is 12.6. The van der Waals surface area contributed by atoms with Gasteiger partial charge in [0.25, 0.3) is 0 Å². The molecule has 150 valence electrons. The van der Waals surface area contributed by atoms with Crippen molar-refractivity contribution in [3.05, 3.63) is 54.1 Å². The van der Waals surface area contributed by atoms with Crippen LogP contribution in [0, 0.1) is 5.92 Å². The van der Waals surface area contributed by atoms with Crippen molar-refractivity contribution < 1.29 is 17.9 Å². The van der Waals surface area contributed by atoms with E-state index in [1.807, 2.05) is 13.8 Å². The van der Waals surface area contributed by atoms with Crippen LogP contribution in [0.15, 0.2) is 53.4 Å². The van der Waals surface area contributed by atoms with Crippen LogP contribution in [0.5, 0.6) is 5.75 Å². The number of benzene rings is 2. The number of amides is 1. The number of thiocarbonyl (C=S) groups is 1. The molecular formula is C20H24N2O4S2. The summed E-state index contributed by atoms with van der Waals surface area (Å²) in [6.45, 7) is 3.89. The van der Waals surface area contributed by atoms with Crippen LogP contribution < -0.4 is 15.4 Å². The molecule has 0 aliphatic carbocycles. The van der Waals surface area contributed by atoms with Crippen molar-refractivity contribution in [2.24, 2.45) is 5.92 Å². The minimum atomic E-state index is -3.48. The van der Waals surface area contributed by atoms with Gasteiger partial charge in [-0.15, -0.1) is 0 Å². The zero-order valence-corrected chi connectivity index (χ0v) is 17.7. The van der Waals surface area contributed by atoms with Crippen molar-refractivity contribution in [3.8, 4) is 5.75 Å². The van der Waals surface area contributed by atoms with E-state index in [4.69, 9.17) is 17.0 Å². The van der Waals surface area contributed by atoms with E-state index in [1.54, 1.807) is 43.5 Å². The summed E-state index contributed by atoms with van der Waals surface area (Å²) in [5, 5.41) is 5.66. The third-order valence-corrected chi connectivity index (χ3v) is 5.74. The lowest BCUT2D eigenvalue weighted by atomic mass is 10.1. The van der Waals surface area contributed by atoms with Crippen LogP contribution in [0.1, 0.15) is 25.8 Å². The van der Waals surface area contributed by atoms with Crippen molar-refractivity contribution in [1.29, 1.82) is 0 Å². The fourth-order valence-electron chi connectivity index (χ4n) is 2.48. The highest BCUT2D eigenvalue weighted by atomic mass is 32.2. The van der Waals surface area contributed by atoms with Gasteiger partial charge in [-0.2, -0.15) is 0 Å². The van der Waals surface area contributed by atoms with Crippen LogP contribution in [-0.2, 0) is 20.4 Å². The molecule has 0 fully saturated rings. The van der Waals surface area contributed by atoms with Crippen LogP contribution in [0.2, 0.25) is 0 Å². The van der Waals surface area contributed by atoms with Crippen molar-refractivity contribution >= 4 is 38.8 Å². The first-order valence-corrected chi connectivity index (χ1v) is 10.8. The Morgan fingerprint density at radius 2 is 1.68 bits per heavy atom. The minimum Gasteiger partial charge on any atom is -0.497 e. The normalized spacial score (nSPS) is 11.1. The smallest absolute Gasteiger partial charge is 0.226 e. The van der Waals surface area contributed by atoms with Crippen LogP contribution in [0.4, 0.5) is 5.69 Å². The largest absolute Gasteiger partial charge is 0.497 e. The summed E-state index contributed by atoms with van der Waals surface area (Å²) in [7, 11) is -1.92. The molecule has 2 N–H and O–H groups in total. The van der Waals surface area contributed by atoms with E-state index < -0.39 is 9.84 Å². The number of ether oxygens (including phenoxy) is 1. The molecule has 0 saturated carbocycles. The van der Waals surface area contributed by atoms with Gasteiger partial charge in [-0.1, -0.05) is 26.0 Å². The predicted molar refractivity (Wildman–Crippen MR) is 114 cm³/mol. The highest BCUT2D eigenvalue weighted by Crippen LogP contribution is 2.20. The summed E-state index contributed by atoms with van der Waals surface area (Å²) in [5.74, 6) is 0.644. The number of sulfone groups is 1. The number of carbonyl (C=O) groups is 1. The molecule has 0 aromatic heterocycles. The molecule has 1 amide bonds. The average Bonchev–Trinajstić information content (AvgIpc) is 2.61. The van der Waals surface area contributed by atoms with Gasteiger partial charge in [-0.3, -0.25) is 4.79 Å². The van der Waals surface area contributed by atoms with Gasteiger partial charge >= 0.3 is 0 Å². The van der Waals surface area contributed by atoms with Gasteiger partial charge < -0.3 is 15.4 Å². The van der Waals surface area contributed by atoms with Crippen molar-refractivity contribution in [2.75, 3.05) is 12.4 Å². The maximum atomic E-state index is 12.6. The second kappa shape index (κ2) is 9.66. The third kappa shape index (κ3) is 6.61. The Kier molecular flexibility index (Phi) is 7.53. The number of rotatable bonds is 7. The zero-order chi connectivity index (χ0) is 20.7. The lowest BCUT2D eigenvalue weighted by molar-refractivity contribution is -0.120. The quantitative estimate of drug-likeness (QED) is 0.667. The molecule has 0 bridgehead atoms. The molecule has 8 heteroatoms. The monoisotopic (exact) mass is 420 g/mol. The molecule has 0 aliphatic heterocycles. The van der Waals surface area contributed by atoms with E-state index in [-0.39, 0.29) is 27.6 Å². The summed E-state index contributed by atoms with van der Waals surface area (Å²) in [5.41, 5.74) is 1.27. The highest BCUT2D eigenvalue weighted by Gasteiger charge is 2.15. The van der Waals surface area contributed by atoms with Gasteiger partial charge in [0.1, 0.15) is 5.75 Å². The number of methoxy groups -OCH3 is 1. The van der Waals surface area contributed by atoms with Crippen molar-refractivity contribution in [2.45, 2.75) is 30.9 Å². The van der Waals surface area contributed by atoms with Gasteiger partial charge in [0, 0.05) is 12.1 Å². The molecule has 0 radical (unpaired) electrons. The van der Waals surface area contributed by atoms with Gasteiger partial charge in [0.05, 0.1) is 17.8 Å². The van der Waals surface area contributed by atoms with Crippen LogP contribution >= 0.6 is 12.2 Å². The number of hydrogen-bond donors (Lipinski definition) is 2. The van der Waals surface area contributed by atoms with E-state index in [0.29, 0.717) is 23.4 Å². The molecule has 0 atom stereocenters. The highest BCUT2D eigenvalue weighted by molar-refractivity contribution is 7.90. The molecule has 0 heterocycles. The van der Waals surface area contributed by atoms with Crippen molar-refractivity contribution in [1.82, 2.24) is 5.32 Å². The Labute approximate surface area is 171 Å². The summed E-state index contributed by atoms with van der Waals surface area (Å²) >= 11 is 5.11. The Balaban J connectivity index is 2.00. The molecule has 0 aliphatic rings. The topological polar surface area (TPSA) is 84.5 Å². The molecule has 2 aromatic carbocycles.